The Bertz CT molecular complexity index is 834. The summed E-state index contributed by atoms with van der Waals surface area (Å²) in [7, 11) is 0. The van der Waals surface area contributed by atoms with E-state index in [1.807, 2.05) is 30.3 Å². The lowest BCUT2D eigenvalue weighted by Crippen LogP contribution is -2.38. The minimum Gasteiger partial charge on any atom is -0.379 e. The van der Waals surface area contributed by atoms with Crippen LogP contribution < -0.4 is 15.5 Å². The lowest BCUT2D eigenvalue weighted by Gasteiger charge is -2.26. The molecule has 8 nitrogen and oxygen atoms in total. The third kappa shape index (κ3) is 5.90. The standard InChI is InChI=1S/C22H30N6O2/c29-22(6-9-27-10-12-30-13-11-27)26-19-5-3-4-18(14-19)16-23-20-15-21(25-17-24-20)28-7-1-2-8-28/h3-5,14-15,17H,1-2,6-13,16H2,(H,26,29)(H,23,24,25). The van der Waals surface area contributed by atoms with Crippen molar-refractivity contribution in [2.45, 2.75) is 25.8 Å². The lowest BCUT2D eigenvalue weighted by atomic mass is 10.2. The summed E-state index contributed by atoms with van der Waals surface area (Å²) in [5.74, 6) is 1.83. The predicted octanol–water partition coefficient (Wildman–Crippen LogP) is 2.35. The van der Waals surface area contributed by atoms with Gasteiger partial charge in [-0.1, -0.05) is 12.1 Å². The van der Waals surface area contributed by atoms with Crippen LogP contribution in [-0.4, -0.2) is 66.7 Å². The maximum Gasteiger partial charge on any atom is 0.225 e. The first-order valence-corrected chi connectivity index (χ1v) is 10.8. The quantitative estimate of drug-likeness (QED) is 0.691. The number of carbonyl (C=O) groups excluding carboxylic acids is 1. The molecule has 2 aliphatic heterocycles. The minimum absolute atomic E-state index is 0.0395. The molecule has 1 aromatic carbocycles. The van der Waals surface area contributed by atoms with Crippen LogP contribution >= 0.6 is 0 Å². The fourth-order valence-corrected chi connectivity index (χ4v) is 3.82. The molecule has 0 spiro atoms. The summed E-state index contributed by atoms with van der Waals surface area (Å²) in [5, 5.41) is 6.37. The zero-order chi connectivity index (χ0) is 20.6. The molecule has 1 aromatic heterocycles. The summed E-state index contributed by atoms with van der Waals surface area (Å²) in [6.45, 7) is 6.82. The molecule has 0 saturated carbocycles. The van der Waals surface area contributed by atoms with Gasteiger partial charge in [-0.05, 0) is 30.5 Å². The molecule has 2 aliphatic rings. The van der Waals surface area contributed by atoms with Crippen LogP contribution in [-0.2, 0) is 16.1 Å². The monoisotopic (exact) mass is 410 g/mol. The maximum absolute atomic E-state index is 12.3. The Kier molecular flexibility index (Phi) is 7.10. The zero-order valence-electron chi connectivity index (χ0n) is 17.3. The van der Waals surface area contributed by atoms with Crippen molar-refractivity contribution < 1.29 is 9.53 Å². The number of nitrogens with zero attached hydrogens (tertiary/aromatic N) is 4. The highest BCUT2D eigenvalue weighted by Gasteiger charge is 2.14. The number of rotatable bonds is 8. The second-order valence-corrected chi connectivity index (χ2v) is 7.76. The van der Waals surface area contributed by atoms with Crippen LogP contribution in [0.1, 0.15) is 24.8 Å². The Hall–Kier alpha value is -2.71. The highest BCUT2D eigenvalue weighted by Crippen LogP contribution is 2.20. The smallest absolute Gasteiger partial charge is 0.225 e. The average Bonchev–Trinajstić information content (AvgIpc) is 3.33. The van der Waals surface area contributed by atoms with E-state index in [2.05, 4.69) is 30.4 Å². The van der Waals surface area contributed by atoms with E-state index in [1.165, 1.54) is 12.8 Å². The third-order valence-corrected chi connectivity index (χ3v) is 5.53. The molecule has 2 aromatic rings. The number of amides is 1. The minimum atomic E-state index is 0.0395. The molecule has 8 heteroatoms. The van der Waals surface area contributed by atoms with E-state index in [0.29, 0.717) is 13.0 Å². The summed E-state index contributed by atoms with van der Waals surface area (Å²) < 4.78 is 5.34. The van der Waals surface area contributed by atoms with Gasteiger partial charge in [-0.3, -0.25) is 9.69 Å². The molecule has 2 fully saturated rings. The Morgan fingerprint density at radius 2 is 1.90 bits per heavy atom. The van der Waals surface area contributed by atoms with Crippen molar-refractivity contribution in [3.8, 4) is 0 Å². The molecule has 2 saturated heterocycles. The average molecular weight is 411 g/mol. The van der Waals surface area contributed by atoms with Crippen molar-refractivity contribution >= 4 is 23.2 Å². The van der Waals surface area contributed by atoms with Gasteiger partial charge in [0.25, 0.3) is 0 Å². The van der Waals surface area contributed by atoms with Crippen LogP contribution in [0.5, 0.6) is 0 Å². The summed E-state index contributed by atoms with van der Waals surface area (Å²) >= 11 is 0. The molecule has 30 heavy (non-hydrogen) atoms. The number of hydrogen-bond donors (Lipinski definition) is 2. The second-order valence-electron chi connectivity index (χ2n) is 7.76. The predicted molar refractivity (Wildman–Crippen MR) is 118 cm³/mol. The van der Waals surface area contributed by atoms with E-state index in [1.54, 1.807) is 6.33 Å². The number of ether oxygens (including phenoxy) is 1. The van der Waals surface area contributed by atoms with Crippen LogP contribution in [0.15, 0.2) is 36.7 Å². The van der Waals surface area contributed by atoms with Gasteiger partial charge in [0, 0.05) is 57.4 Å². The largest absolute Gasteiger partial charge is 0.379 e. The van der Waals surface area contributed by atoms with Gasteiger partial charge in [0.2, 0.25) is 5.91 Å². The highest BCUT2D eigenvalue weighted by molar-refractivity contribution is 5.90. The second kappa shape index (κ2) is 10.4. The molecule has 4 rings (SSSR count). The van der Waals surface area contributed by atoms with E-state index in [-0.39, 0.29) is 5.91 Å². The molecular formula is C22H30N6O2. The van der Waals surface area contributed by atoms with Crippen LogP contribution in [0, 0.1) is 0 Å². The molecule has 1 amide bonds. The molecule has 0 unspecified atom stereocenters. The Morgan fingerprint density at radius 3 is 2.73 bits per heavy atom. The van der Waals surface area contributed by atoms with Gasteiger partial charge in [0.15, 0.2) is 0 Å². The zero-order valence-corrected chi connectivity index (χ0v) is 17.3. The van der Waals surface area contributed by atoms with Gasteiger partial charge >= 0.3 is 0 Å². The van der Waals surface area contributed by atoms with Crippen molar-refractivity contribution in [3.05, 3.63) is 42.2 Å². The normalized spacial score (nSPS) is 17.1. The van der Waals surface area contributed by atoms with Gasteiger partial charge in [0.05, 0.1) is 13.2 Å². The van der Waals surface area contributed by atoms with Crippen LogP contribution in [0.25, 0.3) is 0 Å². The van der Waals surface area contributed by atoms with Crippen molar-refractivity contribution in [3.63, 3.8) is 0 Å². The number of aromatic nitrogens is 2. The number of morpholine rings is 1. The molecule has 0 radical (unpaired) electrons. The number of hydrogen-bond acceptors (Lipinski definition) is 7. The van der Waals surface area contributed by atoms with Crippen molar-refractivity contribution in [2.24, 2.45) is 0 Å². The van der Waals surface area contributed by atoms with Crippen molar-refractivity contribution in [1.29, 1.82) is 0 Å². The Labute approximate surface area is 177 Å². The fourth-order valence-electron chi connectivity index (χ4n) is 3.82. The molecular weight excluding hydrogens is 380 g/mol. The first-order chi connectivity index (χ1) is 14.8. The number of carbonyl (C=O) groups is 1. The molecule has 160 valence electrons. The van der Waals surface area contributed by atoms with Gasteiger partial charge in [0.1, 0.15) is 18.0 Å². The first-order valence-electron chi connectivity index (χ1n) is 10.8. The van der Waals surface area contributed by atoms with Crippen molar-refractivity contribution in [2.75, 3.05) is 61.5 Å². The molecule has 2 N–H and O–H groups in total. The van der Waals surface area contributed by atoms with Gasteiger partial charge < -0.3 is 20.3 Å². The fraction of sp³-hybridized carbons (Fsp3) is 0.500. The van der Waals surface area contributed by atoms with Crippen LogP contribution in [0.2, 0.25) is 0 Å². The van der Waals surface area contributed by atoms with E-state index in [9.17, 15) is 4.79 Å². The Balaban J connectivity index is 1.27. The van der Waals surface area contributed by atoms with E-state index < -0.39 is 0 Å². The molecule has 0 bridgehead atoms. The number of anilines is 3. The summed E-state index contributed by atoms with van der Waals surface area (Å²) in [6.07, 6.45) is 4.54. The molecule has 3 heterocycles. The maximum atomic E-state index is 12.3. The number of benzene rings is 1. The SMILES string of the molecule is O=C(CCN1CCOCC1)Nc1cccc(CNc2cc(N3CCCC3)ncn2)c1. The highest BCUT2D eigenvalue weighted by atomic mass is 16.5. The Morgan fingerprint density at radius 1 is 1.07 bits per heavy atom. The number of nitrogens with one attached hydrogen (secondary N) is 2. The van der Waals surface area contributed by atoms with Crippen molar-refractivity contribution in [1.82, 2.24) is 14.9 Å². The van der Waals surface area contributed by atoms with Gasteiger partial charge in [-0.2, -0.15) is 0 Å². The summed E-state index contributed by atoms with van der Waals surface area (Å²) in [6, 6.07) is 9.93. The summed E-state index contributed by atoms with van der Waals surface area (Å²) in [4.78, 5) is 25.6. The molecule has 0 atom stereocenters. The van der Waals surface area contributed by atoms with Crippen LogP contribution in [0.3, 0.4) is 0 Å². The van der Waals surface area contributed by atoms with Crippen LogP contribution in [0.4, 0.5) is 17.3 Å². The van der Waals surface area contributed by atoms with E-state index in [0.717, 1.165) is 68.8 Å². The third-order valence-electron chi connectivity index (χ3n) is 5.53. The topological polar surface area (TPSA) is 82.6 Å². The molecule has 0 aliphatic carbocycles. The summed E-state index contributed by atoms with van der Waals surface area (Å²) in [5.41, 5.74) is 1.91. The van der Waals surface area contributed by atoms with E-state index >= 15 is 0 Å². The lowest BCUT2D eigenvalue weighted by molar-refractivity contribution is -0.116. The van der Waals surface area contributed by atoms with E-state index in [4.69, 9.17) is 4.74 Å². The van der Waals surface area contributed by atoms with Gasteiger partial charge in [-0.15, -0.1) is 0 Å². The first kappa shape index (κ1) is 20.6. The van der Waals surface area contributed by atoms with Gasteiger partial charge in [-0.25, -0.2) is 9.97 Å².